The van der Waals surface area contributed by atoms with Crippen LogP contribution in [0.15, 0.2) is 53.3 Å². The van der Waals surface area contributed by atoms with Crippen molar-refractivity contribution < 1.29 is 23.2 Å². The van der Waals surface area contributed by atoms with Crippen LogP contribution in [0.2, 0.25) is 0 Å². The smallest absolute Gasteiger partial charge is 0.262 e. The Morgan fingerprint density at radius 3 is 2.43 bits per heavy atom. The van der Waals surface area contributed by atoms with Gasteiger partial charge in [0.15, 0.2) is 0 Å². The number of rotatable bonds is 12. The highest BCUT2D eigenvalue weighted by molar-refractivity contribution is 8.00. The predicted molar refractivity (Wildman–Crippen MR) is 120 cm³/mol. The van der Waals surface area contributed by atoms with Gasteiger partial charge in [0.25, 0.3) is 5.91 Å². The molecule has 0 saturated heterocycles. The van der Waals surface area contributed by atoms with Crippen LogP contribution < -0.4 is 20.7 Å². The Hall–Kier alpha value is -2.01. The number of hydrogen-bond acceptors (Lipinski definition) is 7. The number of hydroxylamine groups is 1. The van der Waals surface area contributed by atoms with Gasteiger partial charge in [0.1, 0.15) is 17.6 Å². The van der Waals surface area contributed by atoms with Crippen LogP contribution in [0.1, 0.15) is 40.5 Å². The average molecular weight is 458 g/mol. The summed E-state index contributed by atoms with van der Waals surface area (Å²) in [6.45, 7) is 7.44. The second kappa shape index (κ2) is 12.0. The number of hydrogen-bond donors (Lipinski definition) is 4. The number of carbonyl (C=O) groups excluding carboxylic acids is 1. The molecule has 8 nitrogen and oxygen atoms in total. The van der Waals surface area contributed by atoms with E-state index in [9.17, 15) is 13.2 Å². The molecule has 30 heavy (non-hydrogen) atoms. The van der Waals surface area contributed by atoms with Crippen molar-refractivity contribution in [3.8, 4) is 5.75 Å². The minimum atomic E-state index is -4.03. The lowest BCUT2D eigenvalue weighted by molar-refractivity contribution is -0.131. The van der Waals surface area contributed by atoms with Gasteiger partial charge in [0.05, 0.1) is 4.90 Å². The molecule has 1 rings (SSSR count). The van der Waals surface area contributed by atoms with Gasteiger partial charge >= 0.3 is 0 Å². The molecule has 0 aromatic heterocycles. The van der Waals surface area contributed by atoms with Crippen LogP contribution in [0.25, 0.3) is 0 Å². The van der Waals surface area contributed by atoms with E-state index in [1.807, 2.05) is 19.9 Å². The standard InChI is InChI=1S/C20H31N3O5S2/c1-5-7-15(12-13-21)28-16-8-10-17(11-9-16)30(26,27)23-18(19(24)22-25)20(3,4)29-14-6-2/h7-13,18,23,25H,5-6,14,21H2,1-4H3,(H,22,24)/b13-12-,15-7+/t18-/m0/s1. The first-order valence-electron chi connectivity index (χ1n) is 9.57. The zero-order valence-corrected chi connectivity index (χ0v) is 19.3. The van der Waals surface area contributed by atoms with Crippen molar-refractivity contribution in [1.82, 2.24) is 10.2 Å². The van der Waals surface area contributed by atoms with Crippen molar-refractivity contribution >= 4 is 27.7 Å². The van der Waals surface area contributed by atoms with E-state index in [1.54, 1.807) is 25.4 Å². The molecule has 1 amide bonds. The lowest BCUT2D eigenvalue weighted by Gasteiger charge is -2.32. The fourth-order valence-electron chi connectivity index (χ4n) is 2.51. The molecule has 1 aromatic rings. The fourth-order valence-corrected chi connectivity index (χ4v) is 4.99. The quantitative estimate of drug-likeness (QED) is 0.164. The Kier molecular flexibility index (Phi) is 10.4. The molecule has 0 fully saturated rings. The Labute approximate surface area is 183 Å². The summed E-state index contributed by atoms with van der Waals surface area (Å²) in [4.78, 5) is 12.2. The number of benzene rings is 1. The highest BCUT2D eigenvalue weighted by atomic mass is 32.2. The lowest BCUT2D eigenvalue weighted by atomic mass is 10.0. The van der Waals surface area contributed by atoms with Crippen molar-refractivity contribution in [2.24, 2.45) is 5.73 Å². The third kappa shape index (κ3) is 7.67. The second-order valence-corrected chi connectivity index (χ2v) is 10.4. The number of sulfonamides is 1. The predicted octanol–water partition coefficient (Wildman–Crippen LogP) is 2.91. The van der Waals surface area contributed by atoms with Crippen LogP contribution in [-0.4, -0.2) is 36.1 Å². The summed E-state index contributed by atoms with van der Waals surface area (Å²) in [7, 11) is -4.03. The molecule has 0 unspecified atom stereocenters. The van der Waals surface area contributed by atoms with Crippen molar-refractivity contribution in [1.29, 1.82) is 0 Å². The normalized spacial score (nSPS) is 14.0. The first kappa shape index (κ1) is 26.0. The maximum Gasteiger partial charge on any atom is 0.262 e. The molecule has 1 atom stereocenters. The van der Waals surface area contributed by atoms with Crippen molar-refractivity contribution in [3.63, 3.8) is 0 Å². The van der Waals surface area contributed by atoms with E-state index in [0.29, 0.717) is 11.5 Å². The Bertz CT molecular complexity index is 850. The highest BCUT2D eigenvalue weighted by Gasteiger charge is 2.38. The molecule has 5 N–H and O–H groups in total. The van der Waals surface area contributed by atoms with E-state index in [0.717, 1.165) is 18.6 Å². The number of allylic oxidation sites excluding steroid dienone is 2. The largest absolute Gasteiger partial charge is 0.458 e. The van der Waals surface area contributed by atoms with Gasteiger partial charge in [0, 0.05) is 4.75 Å². The SMILES string of the molecule is CC/C=C(\C=C/N)Oc1ccc(S(=O)(=O)N[C@@H](C(=O)NO)C(C)(C)SCCC)cc1. The third-order valence-corrected chi connectivity index (χ3v) is 7.09. The topological polar surface area (TPSA) is 131 Å². The average Bonchev–Trinajstić information content (AvgIpc) is 2.70. The molecule has 0 saturated carbocycles. The van der Waals surface area contributed by atoms with E-state index < -0.39 is 26.7 Å². The van der Waals surface area contributed by atoms with Gasteiger partial charge in [-0.1, -0.05) is 13.8 Å². The molecule has 0 aliphatic heterocycles. The van der Waals surface area contributed by atoms with Gasteiger partial charge in [-0.2, -0.15) is 16.5 Å². The van der Waals surface area contributed by atoms with Crippen LogP contribution in [0, 0.1) is 0 Å². The third-order valence-electron chi connectivity index (χ3n) is 4.05. The molecule has 168 valence electrons. The summed E-state index contributed by atoms with van der Waals surface area (Å²) in [6.07, 6.45) is 6.41. The van der Waals surface area contributed by atoms with E-state index in [2.05, 4.69) is 4.72 Å². The van der Waals surface area contributed by atoms with E-state index >= 15 is 0 Å². The van der Waals surface area contributed by atoms with Gasteiger partial charge in [-0.3, -0.25) is 10.0 Å². The lowest BCUT2D eigenvalue weighted by Crippen LogP contribution is -2.55. The summed E-state index contributed by atoms with van der Waals surface area (Å²) >= 11 is 1.44. The Morgan fingerprint density at radius 2 is 1.93 bits per heavy atom. The molecule has 0 spiro atoms. The van der Waals surface area contributed by atoms with Gasteiger partial charge in [0.2, 0.25) is 10.0 Å². The minimum absolute atomic E-state index is 0.0303. The number of nitrogens with two attached hydrogens (primary N) is 1. The number of carbonyl (C=O) groups is 1. The molecule has 0 bridgehead atoms. The number of ether oxygens (including phenoxy) is 1. The maximum atomic E-state index is 12.9. The molecule has 0 aliphatic rings. The summed E-state index contributed by atoms with van der Waals surface area (Å²) < 4.78 is 33.0. The van der Waals surface area contributed by atoms with Crippen molar-refractivity contribution in [3.05, 3.63) is 48.4 Å². The summed E-state index contributed by atoms with van der Waals surface area (Å²) in [6, 6.07) is 4.62. The molecular weight excluding hydrogens is 426 g/mol. The Morgan fingerprint density at radius 1 is 1.30 bits per heavy atom. The molecular formula is C20H31N3O5S2. The molecule has 0 radical (unpaired) electrons. The number of amides is 1. The van der Waals surface area contributed by atoms with Gasteiger partial charge in [-0.25, -0.2) is 13.9 Å². The van der Waals surface area contributed by atoms with Gasteiger partial charge in [-0.15, -0.1) is 0 Å². The van der Waals surface area contributed by atoms with Crippen LogP contribution in [0.4, 0.5) is 0 Å². The monoisotopic (exact) mass is 457 g/mol. The Balaban J connectivity index is 3.08. The van der Waals surface area contributed by atoms with E-state index in [-0.39, 0.29) is 4.90 Å². The van der Waals surface area contributed by atoms with Crippen LogP contribution in [0.5, 0.6) is 5.75 Å². The minimum Gasteiger partial charge on any atom is -0.458 e. The second-order valence-electron chi connectivity index (χ2n) is 6.93. The van der Waals surface area contributed by atoms with Gasteiger partial charge < -0.3 is 10.5 Å². The van der Waals surface area contributed by atoms with E-state index in [4.69, 9.17) is 15.7 Å². The van der Waals surface area contributed by atoms with Crippen LogP contribution in [0.3, 0.4) is 0 Å². The van der Waals surface area contributed by atoms with Crippen LogP contribution >= 0.6 is 11.8 Å². The highest BCUT2D eigenvalue weighted by Crippen LogP contribution is 2.30. The zero-order valence-electron chi connectivity index (χ0n) is 17.7. The van der Waals surface area contributed by atoms with Crippen molar-refractivity contribution in [2.75, 3.05) is 5.75 Å². The molecule has 0 heterocycles. The fraction of sp³-hybridized carbons (Fsp3) is 0.450. The van der Waals surface area contributed by atoms with Crippen molar-refractivity contribution in [2.45, 2.75) is 56.2 Å². The first-order chi connectivity index (χ1) is 14.1. The van der Waals surface area contributed by atoms with E-state index in [1.165, 1.54) is 42.2 Å². The molecule has 0 aliphatic carbocycles. The first-order valence-corrected chi connectivity index (χ1v) is 12.0. The van der Waals surface area contributed by atoms with Gasteiger partial charge in [-0.05, 0) is 75.1 Å². The zero-order chi connectivity index (χ0) is 22.8. The molecule has 1 aromatic carbocycles. The summed E-state index contributed by atoms with van der Waals surface area (Å²) in [5, 5.41) is 9.09. The maximum absolute atomic E-state index is 12.9. The molecule has 10 heteroatoms. The van der Waals surface area contributed by atoms with Crippen LogP contribution in [-0.2, 0) is 14.8 Å². The number of thioether (sulfide) groups is 1. The number of nitrogens with one attached hydrogen (secondary N) is 2. The summed E-state index contributed by atoms with van der Waals surface area (Å²) in [5.74, 6) is 0.897. The summed E-state index contributed by atoms with van der Waals surface area (Å²) in [5.41, 5.74) is 6.96.